The molecule has 0 unspecified atom stereocenters. The molecule has 28 heavy (non-hydrogen) atoms. The second-order valence-corrected chi connectivity index (χ2v) is 7.92. The molecule has 1 aliphatic carbocycles. The Labute approximate surface area is 154 Å². The molecule has 0 bridgehead atoms. The Hall–Kier alpha value is -2.94. The molecule has 0 fully saturated rings. The average molecular weight is 420 g/mol. The van der Waals surface area contributed by atoms with E-state index in [2.05, 4.69) is 0 Å². The minimum atomic E-state index is -5.84. The topological polar surface area (TPSA) is 94.1 Å². The van der Waals surface area contributed by atoms with E-state index < -0.39 is 50.1 Å². The number of fused-ring (bicyclic) bond motifs is 1. The van der Waals surface area contributed by atoms with Crippen LogP contribution in [-0.4, -0.2) is 19.8 Å². The fourth-order valence-electron chi connectivity index (χ4n) is 2.86. The summed E-state index contributed by atoms with van der Waals surface area (Å²) < 4.78 is 95.4. The number of halogens is 5. The number of pyridine rings is 1. The van der Waals surface area contributed by atoms with Crippen LogP contribution in [0.4, 0.5) is 22.0 Å². The van der Waals surface area contributed by atoms with Gasteiger partial charge >= 0.3 is 5.51 Å². The van der Waals surface area contributed by atoms with Gasteiger partial charge in [0, 0.05) is 24.5 Å². The van der Waals surface area contributed by atoms with Crippen molar-refractivity contribution in [2.24, 2.45) is 0 Å². The maximum atomic E-state index is 13.9. The minimum absolute atomic E-state index is 0.106. The van der Waals surface area contributed by atoms with E-state index in [4.69, 9.17) is 10.00 Å². The highest BCUT2D eigenvalue weighted by molar-refractivity contribution is 7.92. The van der Waals surface area contributed by atoms with E-state index in [0.717, 1.165) is 24.5 Å². The van der Waals surface area contributed by atoms with E-state index >= 15 is 0 Å². The number of sulfone groups is 1. The number of ether oxygens (including phenoxy) is 1. The van der Waals surface area contributed by atoms with Crippen molar-refractivity contribution < 1.29 is 39.8 Å². The zero-order chi connectivity index (χ0) is 20.9. The smallest absolute Gasteiger partial charge is 0.501 e. The van der Waals surface area contributed by atoms with Gasteiger partial charge < -0.3 is 9.94 Å². The zero-order valence-corrected chi connectivity index (χ0v) is 14.4. The highest BCUT2D eigenvalue weighted by Gasteiger charge is 2.51. The molecule has 1 heterocycles. The zero-order valence-electron chi connectivity index (χ0n) is 13.6. The Morgan fingerprint density at radius 2 is 1.82 bits per heavy atom. The summed E-state index contributed by atoms with van der Waals surface area (Å²) in [6.07, 6.45) is -0.441. The lowest BCUT2D eigenvalue weighted by Gasteiger charge is -2.15. The predicted octanol–water partition coefficient (Wildman–Crippen LogP) is 3.01. The number of hydrogen-bond donors (Lipinski definition) is 0. The van der Waals surface area contributed by atoms with E-state index in [9.17, 15) is 35.6 Å². The molecule has 0 N–H and O–H groups in total. The highest BCUT2D eigenvalue weighted by Crippen LogP contribution is 2.45. The summed E-state index contributed by atoms with van der Waals surface area (Å²) in [5.41, 5.74) is -6.86. The summed E-state index contributed by atoms with van der Waals surface area (Å²) in [5, 5.41) is 20.3. The van der Waals surface area contributed by atoms with Crippen LogP contribution in [0.5, 0.6) is 11.5 Å². The number of rotatable bonds is 3. The molecule has 0 saturated heterocycles. The molecular formula is C16H9F5N2O4S. The minimum Gasteiger partial charge on any atom is -0.619 e. The normalized spacial score (nSPS) is 15.7. The molecule has 148 valence electrons. The Bertz CT molecular complexity index is 1110. The SMILES string of the molecule is N#Cc1cc(Oc2ccc(S(=O)(=O)C(F)(F)F)c3c2CC(F)(F)C3)c[n+]([O-])c1. The maximum Gasteiger partial charge on any atom is 0.501 e. The largest absolute Gasteiger partial charge is 0.619 e. The van der Waals surface area contributed by atoms with Gasteiger partial charge in [-0.15, -0.1) is 0 Å². The molecule has 0 radical (unpaired) electrons. The van der Waals surface area contributed by atoms with Crippen LogP contribution >= 0.6 is 0 Å². The highest BCUT2D eigenvalue weighted by atomic mass is 32.2. The van der Waals surface area contributed by atoms with Crippen molar-refractivity contribution in [1.29, 1.82) is 5.26 Å². The number of nitriles is 1. The second-order valence-electron chi connectivity index (χ2n) is 6.01. The summed E-state index contributed by atoms with van der Waals surface area (Å²) in [4.78, 5) is -1.26. The summed E-state index contributed by atoms with van der Waals surface area (Å²) in [6, 6.07) is 4.15. The van der Waals surface area contributed by atoms with Gasteiger partial charge in [0.15, 0.2) is 11.9 Å². The van der Waals surface area contributed by atoms with Crippen LogP contribution in [0.3, 0.4) is 0 Å². The standard InChI is InChI=1S/C16H9F5N2O4S/c17-15(18)4-11-12(5-15)14(28(25,26)16(19,20)21)2-1-13(11)27-10-3-9(6-22)7-23(24)8-10/h1-3,7-8H,4-5H2. The Morgan fingerprint density at radius 1 is 1.18 bits per heavy atom. The first kappa shape index (κ1) is 19.8. The molecule has 0 atom stereocenters. The van der Waals surface area contributed by atoms with Gasteiger partial charge in [-0.25, -0.2) is 17.2 Å². The second kappa shape index (κ2) is 6.30. The van der Waals surface area contributed by atoms with E-state index in [1.165, 1.54) is 0 Å². The van der Waals surface area contributed by atoms with Crippen LogP contribution < -0.4 is 9.47 Å². The third-order valence-electron chi connectivity index (χ3n) is 3.99. The number of hydrogen-bond acceptors (Lipinski definition) is 5. The van der Waals surface area contributed by atoms with Crippen LogP contribution in [0.15, 0.2) is 35.5 Å². The van der Waals surface area contributed by atoms with Gasteiger partial charge in [0.05, 0.1) is 4.90 Å². The third kappa shape index (κ3) is 3.45. The monoisotopic (exact) mass is 420 g/mol. The molecule has 1 aliphatic rings. The first-order chi connectivity index (χ1) is 12.8. The predicted molar refractivity (Wildman–Crippen MR) is 82.2 cm³/mol. The van der Waals surface area contributed by atoms with Crippen LogP contribution in [0.2, 0.25) is 0 Å². The van der Waals surface area contributed by atoms with Crippen molar-refractivity contribution in [3.63, 3.8) is 0 Å². The van der Waals surface area contributed by atoms with E-state index in [0.29, 0.717) is 6.07 Å². The summed E-state index contributed by atoms with van der Waals surface area (Å²) >= 11 is 0. The molecule has 6 nitrogen and oxygen atoms in total. The van der Waals surface area contributed by atoms with Crippen molar-refractivity contribution in [2.45, 2.75) is 29.2 Å². The first-order valence-corrected chi connectivity index (χ1v) is 8.98. The van der Waals surface area contributed by atoms with Gasteiger partial charge in [-0.2, -0.15) is 23.2 Å². The third-order valence-corrected chi connectivity index (χ3v) is 5.56. The lowest BCUT2D eigenvalue weighted by molar-refractivity contribution is -0.605. The molecule has 2 aromatic rings. The number of aromatic nitrogens is 1. The molecule has 0 spiro atoms. The molecular weight excluding hydrogens is 411 g/mol. The van der Waals surface area contributed by atoms with Crippen LogP contribution in [0, 0.1) is 16.5 Å². The number of benzene rings is 1. The Morgan fingerprint density at radius 3 is 2.43 bits per heavy atom. The van der Waals surface area contributed by atoms with Gasteiger partial charge in [-0.1, -0.05) is 0 Å². The lowest BCUT2D eigenvalue weighted by Crippen LogP contribution is -2.25. The van der Waals surface area contributed by atoms with Crippen molar-refractivity contribution >= 4 is 9.84 Å². The number of alkyl halides is 5. The lowest BCUT2D eigenvalue weighted by atomic mass is 10.1. The van der Waals surface area contributed by atoms with E-state index in [-0.39, 0.29) is 21.8 Å². The Balaban J connectivity index is 2.13. The fourth-order valence-corrected chi connectivity index (χ4v) is 3.88. The van der Waals surface area contributed by atoms with Crippen molar-refractivity contribution in [1.82, 2.24) is 0 Å². The summed E-state index contributed by atoms with van der Waals surface area (Å²) in [7, 11) is -5.84. The average Bonchev–Trinajstić information content (AvgIpc) is 2.88. The number of nitrogens with zero attached hydrogens (tertiary/aromatic N) is 2. The van der Waals surface area contributed by atoms with Crippen LogP contribution in [-0.2, 0) is 22.7 Å². The van der Waals surface area contributed by atoms with Gasteiger partial charge in [0.2, 0.25) is 6.20 Å². The molecule has 1 aromatic heterocycles. The fraction of sp³-hybridized carbons (Fsp3) is 0.250. The molecule has 0 aliphatic heterocycles. The van der Waals surface area contributed by atoms with Gasteiger partial charge in [-0.3, -0.25) is 0 Å². The molecule has 1 aromatic carbocycles. The van der Waals surface area contributed by atoms with Crippen LogP contribution in [0.1, 0.15) is 16.7 Å². The molecule has 0 amide bonds. The Kier molecular flexibility index (Phi) is 4.46. The van der Waals surface area contributed by atoms with Gasteiger partial charge in [-0.05, 0) is 17.7 Å². The molecule has 12 heteroatoms. The quantitative estimate of drug-likeness (QED) is 0.432. The van der Waals surface area contributed by atoms with Gasteiger partial charge in [0.1, 0.15) is 17.4 Å². The first-order valence-electron chi connectivity index (χ1n) is 7.50. The summed E-state index contributed by atoms with van der Waals surface area (Å²) in [6.45, 7) is 0. The van der Waals surface area contributed by atoms with Crippen molar-refractivity contribution in [3.8, 4) is 17.6 Å². The van der Waals surface area contributed by atoms with E-state index in [1.807, 2.05) is 0 Å². The van der Waals surface area contributed by atoms with E-state index in [1.54, 1.807) is 6.07 Å². The molecule has 0 saturated carbocycles. The summed E-state index contributed by atoms with van der Waals surface area (Å²) in [5.74, 6) is -4.02. The molecule has 3 rings (SSSR count). The van der Waals surface area contributed by atoms with Crippen molar-refractivity contribution in [2.75, 3.05) is 0 Å². The van der Waals surface area contributed by atoms with Gasteiger partial charge in [0.25, 0.3) is 15.8 Å². The van der Waals surface area contributed by atoms with Crippen LogP contribution in [0.25, 0.3) is 0 Å². The maximum absolute atomic E-state index is 13.9. The van der Waals surface area contributed by atoms with Crippen molar-refractivity contribution in [3.05, 3.63) is 52.5 Å².